The van der Waals surface area contributed by atoms with Gasteiger partial charge < -0.3 is 20.9 Å². The predicted octanol–water partition coefficient (Wildman–Crippen LogP) is 1.73. The summed E-state index contributed by atoms with van der Waals surface area (Å²) in [6.07, 6.45) is 0.708. The molecule has 0 fully saturated rings. The van der Waals surface area contributed by atoms with Crippen molar-refractivity contribution in [3.63, 3.8) is 0 Å². The molecule has 0 aliphatic carbocycles. The van der Waals surface area contributed by atoms with Crippen LogP contribution in [0.5, 0.6) is 11.5 Å². The number of nitrogens with two attached hydrogens (primary N) is 2. The van der Waals surface area contributed by atoms with E-state index in [0.717, 1.165) is 10.0 Å². The molecule has 1 amide bonds. The van der Waals surface area contributed by atoms with Crippen molar-refractivity contribution in [2.45, 2.75) is 18.9 Å². The molecule has 0 aliphatic rings. The van der Waals surface area contributed by atoms with Crippen LogP contribution in [0.2, 0.25) is 0 Å². The van der Waals surface area contributed by atoms with E-state index >= 15 is 0 Å². The van der Waals surface area contributed by atoms with Gasteiger partial charge in [0.25, 0.3) is 0 Å². The Morgan fingerprint density at radius 2 is 1.94 bits per heavy atom. The van der Waals surface area contributed by atoms with Crippen molar-refractivity contribution in [1.82, 2.24) is 0 Å². The zero-order chi connectivity index (χ0) is 13.7. The molecule has 0 aliphatic heterocycles. The highest BCUT2D eigenvalue weighted by Crippen LogP contribution is 2.36. The molecule has 5 nitrogen and oxygen atoms in total. The molecule has 6 heteroatoms. The molecule has 0 saturated carbocycles. The third kappa shape index (κ3) is 3.61. The molecule has 100 valence electrons. The van der Waals surface area contributed by atoms with Crippen LogP contribution < -0.4 is 20.9 Å². The van der Waals surface area contributed by atoms with Gasteiger partial charge in [0.2, 0.25) is 5.91 Å². The van der Waals surface area contributed by atoms with Gasteiger partial charge in [-0.3, -0.25) is 4.79 Å². The highest BCUT2D eigenvalue weighted by molar-refractivity contribution is 9.10. The lowest BCUT2D eigenvalue weighted by Crippen LogP contribution is -2.17. The molecule has 0 radical (unpaired) electrons. The van der Waals surface area contributed by atoms with Crippen LogP contribution >= 0.6 is 15.9 Å². The average molecular weight is 317 g/mol. The molecule has 1 unspecified atom stereocenters. The summed E-state index contributed by atoms with van der Waals surface area (Å²) in [5, 5.41) is 0. The van der Waals surface area contributed by atoms with E-state index in [2.05, 4.69) is 15.9 Å². The lowest BCUT2D eigenvalue weighted by Gasteiger charge is -2.17. The van der Waals surface area contributed by atoms with Crippen molar-refractivity contribution in [3.05, 3.63) is 22.2 Å². The van der Waals surface area contributed by atoms with E-state index in [-0.39, 0.29) is 18.4 Å². The fraction of sp³-hybridized carbons (Fsp3) is 0.417. The third-order valence-corrected chi connectivity index (χ3v) is 3.23. The summed E-state index contributed by atoms with van der Waals surface area (Å²) >= 11 is 3.37. The van der Waals surface area contributed by atoms with Gasteiger partial charge in [-0.2, -0.15) is 0 Å². The van der Waals surface area contributed by atoms with Crippen LogP contribution in [0.25, 0.3) is 0 Å². The van der Waals surface area contributed by atoms with Crippen molar-refractivity contribution < 1.29 is 14.3 Å². The summed E-state index contributed by atoms with van der Waals surface area (Å²) in [6, 6.07) is 3.27. The van der Waals surface area contributed by atoms with Crippen LogP contribution in [-0.4, -0.2) is 20.1 Å². The van der Waals surface area contributed by atoms with E-state index in [0.29, 0.717) is 17.9 Å². The normalized spacial score (nSPS) is 12.0. The Morgan fingerprint density at radius 1 is 1.33 bits per heavy atom. The molecule has 0 spiro atoms. The highest BCUT2D eigenvalue weighted by atomic mass is 79.9. The quantitative estimate of drug-likeness (QED) is 0.836. The Balaban J connectivity index is 3.01. The topological polar surface area (TPSA) is 87.6 Å². The van der Waals surface area contributed by atoms with E-state index in [1.54, 1.807) is 26.4 Å². The molecular formula is C12H17BrN2O3. The standard InChI is InChI=1S/C12H17BrN2O3/c1-17-10-6-8(13)11(18-2)5-7(10)9(14)3-4-12(15)16/h5-6,9H,3-4,14H2,1-2H3,(H2,15,16). The number of ether oxygens (including phenoxy) is 2. The predicted molar refractivity (Wildman–Crippen MR) is 72.6 cm³/mol. The zero-order valence-corrected chi connectivity index (χ0v) is 12.0. The molecule has 1 aromatic rings. The van der Waals surface area contributed by atoms with Gasteiger partial charge in [-0.15, -0.1) is 0 Å². The van der Waals surface area contributed by atoms with Crippen molar-refractivity contribution >= 4 is 21.8 Å². The van der Waals surface area contributed by atoms with E-state index in [4.69, 9.17) is 20.9 Å². The van der Waals surface area contributed by atoms with Crippen molar-refractivity contribution in [2.24, 2.45) is 11.5 Å². The second-order valence-corrected chi connectivity index (χ2v) is 4.69. The summed E-state index contributed by atoms with van der Waals surface area (Å²) in [7, 11) is 3.14. The van der Waals surface area contributed by atoms with Crippen LogP contribution in [0.1, 0.15) is 24.4 Å². The molecule has 0 bridgehead atoms. The van der Waals surface area contributed by atoms with Crippen LogP contribution in [0.15, 0.2) is 16.6 Å². The molecule has 1 rings (SSSR count). The number of primary amides is 1. The Hall–Kier alpha value is -1.27. The number of methoxy groups -OCH3 is 2. The second-order valence-electron chi connectivity index (χ2n) is 3.84. The Morgan fingerprint density at radius 3 is 2.44 bits per heavy atom. The Kier molecular flexibility index (Phi) is 5.43. The van der Waals surface area contributed by atoms with Gasteiger partial charge in [0.15, 0.2) is 0 Å². The fourth-order valence-electron chi connectivity index (χ4n) is 1.63. The Bertz CT molecular complexity index is 438. The summed E-state index contributed by atoms with van der Waals surface area (Å²) in [4.78, 5) is 10.8. The van der Waals surface area contributed by atoms with E-state index in [1.165, 1.54) is 0 Å². The zero-order valence-electron chi connectivity index (χ0n) is 10.4. The average Bonchev–Trinajstić information content (AvgIpc) is 2.35. The maximum Gasteiger partial charge on any atom is 0.217 e. The minimum atomic E-state index is -0.367. The summed E-state index contributed by atoms with van der Waals surface area (Å²) in [5.41, 5.74) is 11.9. The number of carbonyl (C=O) groups excluding carboxylic acids is 1. The number of benzene rings is 1. The molecule has 1 atom stereocenters. The minimum absolute atomic E-state index is 0.239. The first-order valence-corrected chi connectivity index (χ1v) is 6.24. The van der Waals surface area contributed by atoms with Crippen LogP contribution in [-0.2, 0) is 4.79 Å². The number of carbonyl (C=O) groups is 1. The van der Waals surface area contributed by atoms with Gasteiger partial charge in [-0.25, -0.2) is 0 Å². The summed E-state index contributed by atoms with van der Waals surface area (Å²) in [6.45, 7) is 0. The molecule has 0 aromatic heterocycles. The first-order valence-electron chi connectivity index (χ1n) is 5.45. The number of hydrogen-bond donors (Lipinski definition) is 2. The van der Waals surface area contributed by atoms with Gasteiger partial charge in [-0.1, -0.05) is 0 Å². The maximum absolute atomic E-state index is 10.8. The first-order chi connectivity index (χ1) is 8.49. The second kappa shape index (κ2) is 6.61. The van der Waals surface area contributed by atoms with Gasteiger partial charge >= 0.3 is 0 Å². The number of halogens is 1. The largest absolute Gasteiger partial charge is 0.496 e. The van der Waals surface area contributed by atoms with Crippen LogP contribution in [0, 0.1) is 0 Å². The van der Waals surface area contributed by atoms with E-state index in [1.807, 2.05) is 0 Å². The minimum Gasteiger partial charge on any atom is -0.496 e. The first kappa shape index (κ1) is 14.8. The van der Waals surface area contributed by atoms with E-state index < -0.39 is 0 Å². The van der Waals surface area contributed by atoms with E-state index in [9.17, 15) is 4.79 Å². The van der Waals surface area contributed by atoms with Crippen molar-refractivity contribution in [3.8, 4) is 11.5 Å². The highest BCUT2D eigenvalue weighted by Gasteiger charge is 2.16. The van der Waals surface area contributed by atoms with Crippen molar-refractivity contribution in [1.29, 1.82) is 0 Å². The Labute approximate surface area is 115 Å². The molecule has 1 aromatic carbocycles. The lowest BCUT2D eigenvalue weighted by atomic mass is 10.0. The molecule has 18 heavy (non-hydrogen) atoms. The molecular weight excluding hydrogens is 300 g/mol. The summed E-state index contributed by atoms with van der Waals surface area (Å²) in [5.74, 6) is 0.952. The molecule has 0 heterocycles. The third-order valence-electron chi connectivity index (χ3n) is 2.61. The van der Waals surface area contributed by atoms with Crippen LogP contribution in [0.3, 0.4) is 0 Å². The maximum atomic E-state index is 10.8. The fourth-order valence-corrected chi connectivity index (χ4v) is 2.11. The van der Waals surface area contributed by atoms with Gasteiger partial charge in [0.1, 0.15) is 11.5 Å². The molecule has 0 saturated heterocycles. The number of hydrogen-bond acceptors (Lipinski definition) is 4. The van der Waals surface area contributed by atoms with Crippen LogP contribution in [0.4, 0.5) is 0 Å². The number of rotatable bonds is 6. The monoisotopic (exact) mass is 316 g/mol. The van der Waals surface area contributed by atoms with Gasteiger partial charge in [0, 0.05) is 18.0 Å². The van der Waals surface area contributed by atoms with Crippen molar-refractivity contribution in [2.75, 3.05) is 14.2 Å². The SMILES string of the molecule is COc1cc(C(N)CCC(N)=O)c(OC)cc1Br. The lowest BCUT2D eigenvalue weighted by molar-refractivity contribution is -0.118. The van der Waals surface area contributed by atoms with Gasteiger partial charge in [-0.05, 0) is 34.5 Å². The van der Waals surface area contributed by atoms with Gasteiger partial charge in [0.05, 0.1) is 18.7 Å². The molecule has 4 N–H and O–H groups in total. The smallest absolute Gasteiger partial charge is 0.217 e. The number of amides is 1. The summed E-state index contributed by atoms with van der Waals surface area (Å²) < 4.78 is 11.3.